The third-order valence-electron chi connectivity index (χ3n) is 3.74. The molecule has 10 heteroatoms. The first-order valence-corrected chi connectivity index (χ1v) is 9.12. The molecule has 0 saturated carbocycles. The Morgan fingerprint density at radius 1 is 1.46 bits per heavy atom. The molecule has 2 amide bonds. The van der Waals surface area contributed by atoms with Crippen LogP contribution in [-0.4, -0.2) is 42.9 Å². The highest BCUT2D eigenvalue weighted by Gasteiger charge is 2.15. The van der Waals surface area contributed by atoms with Crippen molar-refractivity contribution in [2.45, 2.75) is 39.4 Å². The first-order valence-electron chi connectivity index (χ1n) is 8.24. The molecule has 0 fully saturated rings. The second-order valence-corrected chi connectivity index (χ2v) is 7.16. The van der Waals surface area contributed by atoms with Gasteiger partial charge in [0.2, 0.25) is 5.89 Å². The average molecular weight is 375 g/mol. The molecule has 0 aliphatic rings. The summed E-state index contributed by atoms with van der Waals surface area (Å²) in [6.45, 7) is 4.64. The van der Waals surface area contributed by atoms with Crippen molar-refractivity contribution in [2.75, 3.05) is 7.05 Å². The molecule has 3 heterocycles. The third-order valence-corrected chi connectivity index (χ3v) is 4.62. The Kier molecular flexibility index (Phi) is 5.61. The van der Waals surface area contributed by atoms with Crippen molar-refractivity contribution in [3.63, 3.8) is 0 Å². The Morgan fingerprint density at radius 3 is 3.04 bits per heavy atom. The summed E-state index contributed by atoms with van der Waals surface area (Å²) < 4.78 is 7.15. The molecule has 1 N–H and O–H groups in total. The Labute approximate surface area is 155 Å². The summed E-state index contributed by atoms with van der Waals surface area (Å²) in [5.74, 6) is 1.72. The summed E-state index contributed by atoms with van der Waals surface area (Å²) in [6.07, 6.45) is 2.27. The van der Waals surface area contributed by atoms with E-state index in [0.717, 1.165) is 10.7 Å². The first kappa shape index (κ1) is 18.1. The largest absolute Gasteiger partial charge is 0.339 e. The zero-order chi connectivity index (χ0) is 18.5. The van der Waals surface area contributed by atoms with Crippen LogP contribution in [0.3, 0.4) is 0 Å². The van der Waals surface area contributed by atoms with Crippen LogP contribution in [0.1, 0.15) is 42.3 Å². The third kappa shape index (κ3) is 4.45. The van der Waals surface area contributed by atoms with E-state index in [4.69, 9.17) is 4.52 Å². The van der Waals surface area contributed by atoms with Gasteiger partial charge in [0.05, 0.1) is 19.5 Å². The molecule has 26 heavy (non-hydrogen) atoms. The topological polar surface area (TPSA) is 102 Å². The van der Waals surface area contributed by atoms with Crippen LogP contribution in [0.4, 0.5) is 4.79 Å². The van der Waals surface area contributed by atoms with Gasteiger partial charge in [-0.05, 0) is 25.3 Å². The summed E-state index contributed by atoms with van der Waals surface area (Å²) in [7, 11) is 1.70. The van der Waals surface area contributed by atoms with Crippen LogP contribution in [0.15, 0.2) is 28.4 Å². The van der Waals surface area contributed by atoms with E-state index >= 15 is 0 Å². The summed E-state index contributed by atoms with van der Waals surface area (Å²) >= 11 is 1.64. The molecule has 0 aromatic carbocycles. The minimum absolute atomic E-state index is 0.202. The number of nitrogens with one attached hydrogen (secondary N) is 1. The summed E-state index contributed by atoms with van der Waals surface area (Å²) in [5.41, 5.74) is 0. The van der Waals surface area contributed by atoms with Gasteiger partial charge in [-0.1, -0.05) is 11.2 Å². The van der Waals surface area contributed by atoms with Gasteiger partial charge in [0.15, 0.2) is 11.6 Å². The Morgan fingerprint density at radius 2 is 2.31 bits per heavy atom. The van der Waals surface area contributed by atoms with E-state index in [1.165, 1.54) is 4.90 Å². The molecule has 0 bridgehead atoms. The number of carbonyl (C=O) groups excluding carboxylic acids is 1. The minimum Gasteiger partial charge on any atom is -0.339 e. The lowest BCUT2D eigenvalue weighted by Crippen LogP contribution is -2.37. The smallest absolute Gasteiger partial charge is 0.317 e. The van der Waals surface area contributed by atoms with Crippen molar-refractivity contribution in [3.05, 3.63) is 46.3 Å². The highest BCUT2D eigenvalue weighted by molar-refractivity contribution is 7.09. The summed E-state index contributed by atoms with van der Waals surface area (Å²) in [5, 5.41) is 16.7. The van der Waals surface area contributed by atoms with Crippen molar-refractivity contribution in [1.82, 2.24) is 35.1 Å². The quantitative estimate of drug-likeness (QED) is 0.679. The lowest BCUT2D eigenvalue weighted by molar-refractivity contribution is 0.204. The molecule has 0 aliphatic carbocycles. The van der Waals surface area contributed by atoms with Gasteiger partial charge >= 0.3 is 6.03 Å². The molecule has 3 rings (SSSR count). The molecule has 0 spiro atoms. The molecule has 0 radical (unpaired) electrons. The van der Waals surface area contributed by atoms with E-state index in [1.54, 1.807) is 24.7 Å². The number of thiophene rings is 1. The molecular weight excluding hydrogens is 354 g/mol. The molecule has 0 unspecified atom stereocenters. The van der Waals surface area contributed by atoms with Crippen molar-refractivity contribution in [3.8, 4) is 0 Å². The number of amides is 2. The fourth-order valence-electron chi connectivity index (χ4n) is 2.38. The lowest BCUT2D eigenvalue weighted by Gasteiger charge is -2.18. The number of rotatable bonds is 7. The second kappa shape index (κ2) is 8.09. The molecular formula is C16H21N7O2S. The maximum atomic E-state index is 12.3. The van der Waals surface area contributed by atoms with Crippen LogP contribution in [0.25, 0.3) is 0 Å². The van der Waals surface area contributed by atoms with Gasteiger partial charge in [-0.15, -0.1) is 21.5 Å². The molecule has 0 aliphatic heterocycles. The van der Waals surface area contributed by atoms with E-state index < -0.39 is 0 Å². The van der Waals surface area contributed by atoms with Crippen LogP contribution < -0.4 is 5.32 Å². The molecule has 3 aromatic rings. The van der Waals surface area contributed by atoms with Crippen LogP contribution in [0.2, 0.25) is 0 Å². The molecule has 9 nitrogen and oxygen atoms in total. The zero-order valence-electron chi connectivity index (χ0n) is 14.9. The number of urea groups is 1. The second-order valence-electron chi connectivity index (χ2n) is 6.12. The fraction of sp³-hybridized carbons (Fsp3) is 0.438. The van der Waals surface area contributed by atoms with Gasteiger partial charge in [-0.2, -0.15) is 4.98 Å². The van der Waals surface area contributed by atoms with E-state index in [0.29, 0.717) is 24.7 Å². The summed E-state index contributed by atoms with van der Waals surface area (Å²) in [4.78, 5) is 19.2. The van der Waals surface area contributed by atoms with Crippen molar-refractivity contribution < 1.29 is 9.32 Å². The first-order chi connectivity index (χ1) is 12.5. The normalized spacial score (nSPS) is 11.1. The van der Waals surface area contributed by atoms with Crippen LogP contribution >= 0.6 is 11.3 Å². The average Bonchev–Trinajstić information content (AvgIpc) is 3.34. The van der Waals surface area contributed by atoms with Crippen LogP contribution in [-0.2, 0) is 19.5 Å². The number of nitrogens with zero attached hydrogens (tertiary/aromatic N) is 6. The van der Waals surface area contributed by atoms with Crippen molar-refractivity contribution >= 4 is 17.4 Å². The van der Waals surface area contributed by atoms with Crippen LogP contribution in [0, 0.1) is 0 Å². The molecule has 138 valence electrons. The number of aromatic nitrogens is 5. The Hall–Kier alpha value is -2.75. The predicted octanol–water partition coefficient (Wildman–Crippen LogP) is 2.24. The Balaban J connectivity index is 1.50. The molecule has 0 saturated heterocycles. The number of carbonyl (C=O) groups is 1. The van der Waals surface area contributed by atoms with Gasteiger partial charge in [-0.3, -0.25) is 0 Å². The van der Waals surface area contributed by atoms with Gasteiger partial charge in [0, 0.05) is 18.0 Å². The summed E-state index contributed by atoms with van der Waals surface area (Å²) in [6, 6.07) is 3.99. The highest BCUT2D eigenvalue weighted by Crippen LogP contribution is 2.13. The maximum absolute atomic E-state index is 12.3. The minimum atomic E-state index is -0.243. The number of hydrogen-bond donors (Lipinski definition) is 1. The van der Waals surface area contributed by atoms with Gasteiger partial charge in [0.25, 0.3) is 0 Å². The van der Waals surface area contributed by atoms with E-state index in [9.17, 15) is 4.79 Å². The van der Waals surface area contributed by atoms with E-state index in [1.807, 2.05) is 35.9 Å². The monoisotopic (exact) mass is 375 g/mol. The van der Waals surface area contributed by atoms with Gasteiger partial charge < -0.3 is 19.3 Å². The number of hydrogen-bond acceptors (Lipinski definition) is 7. The SMILES string of the molecule is CC(C)n1cnnc1CN(C)C(=O)NCc1noc(Cc2cccs2)n1. The van der Waals surface area contributed by atoms with E-state index in [-0.39, 0.29) is 18.6 Å². The molecule has 3 aromatic heterocycles. The lowest BCUT2D eigenvalue weighted by atomic mass is 10.3. The fourth-order valence-corrected chi connectivity index (χ4v) is 3.08. The van der Waals surface area contributed by atoms with Crippen LogP contribution in [0.5, 0.6) is 0 Å². The van der Waals surface area contributed by atoms with Gasteiger partial charge in [-0.25, -0.2) is 4.79 Å². The zero-order valence-corrected chi connectivity index (χ0v) is 15.7. The van der Waals surface area contributed by atoms with Crippen molar-refractivity contribution in [2.24, 2.45) is 0 Å². The standard InChI is InChI=1S/C16H21N7O2S/c1-11(2)23-10-18-20-14(23)9-22(3)16(24)17-8-13-19-15(25-21-13)7-12-5-4-6-26-12/h4-6,10-11H,7-9H2,1-3H3,(H,17,24). The highest BCUT2D eigenvalue weighted by atomic mass is 32.1. The van der Waals surface area contributed by atoms with Gasteiger partial charge in [0.1, 0.15) is 6.33 Å². The molecule has 0 atom stereocenters. The van der Waals surface area contributed by atoms with Crippen molar-refractivity contribution in [1.29, 1.82) is 0 Å². The predicted molar refractivity (Wildman–Crippen MR) is 95.5 cm³/mol. The van der Waals surface area contributed by atoms with E-state index in [2.05, 4.69) is 25.7 Å². The Bertz CT molecular complexity index is 841. The maximum Gasteiger partial charge on any atom is 0.317 e.